The fourth-order valence-corrected chi connectivity index (χ4v) is 4.53. The molecule has 1 N–H and O–H groups in total. The predicted octanol–water partition coefficient (Wildman–Crippen LogP) is 0.937. The lowest BCUT2D eigenvalue weighted by Crippen LogP contribution is -2.30. The van der Waals surface area contributed by atoms with Crippen LogP contribution in [0.5, 0.6) is 0 Å². The highest BCUT2D eigenvalue weighted by molar-refractivity contribution is 7.92. The van der Waals surface area contributed by atoms with Gasteiger partial charge in [-0.25, -0.2) is 22.7 Å². The molecule has 1 atom stereocenters. The maximum absolute atomic E-state index is 12.0. The minimum absolute atomic E-state index is 0.0581. The Morgan fingerprint density at radius 1 is 1.43 bits per heavy atom. The van der Waals surface area contributed by atoms with Crippen molar-refractivity contribution in [2.24, 2.45) is 0 Å². The second-order valence-electron chi connectivity index (χ2n) is 5.21. The smallest absolute Gasteiger partial charge is 0.339 e. The van der Waals surface area contributed by atoms with E-state index in [1.54, 1.807) is 12.3 Å². The number of sulfone groups is 1. The summed E-state index contributed by atoms with van der Waals surface area (Å²) in [6.45, 7) is 0. The van der Waals surface area contributed by atoms with Gasteiger partial charge < -0.3 is 5.11 Å². The Kier molecular flexibility index (Phi) is 3.40. The molecule has 0 aromatic carbocycles. The van der Waals surface area contributed by atoms with Gasteiger partial charge in [-0.1, -0.05) is 6.42 Å². The number of pyridine rings is 1. The first-order valence-electron chi connectivity index (χ1n) is 6.76. The molecule has 2 aromatic heterocycles. The zero-order valence-electron chi connectivity index (χ0n) is 11.3. The zero-order valence-corrected chi connectivity index (χ0v) is 12.1. The first kappa shape index (κ1) is 14.0. The molecular weight excluding hydrogens is 294 g/mol. The number of hydrogen-bond donors (Lipinski definition) is 1. The highest BCUT2D eigenvalue weighted by Crippen LogP contribution is 2.22. The van der Waals surface area contributed by atoms with Crippen molar-refractivity contribution in [2.45, 2.75) is 30.9 Å². The number of carbonyl (C=O) groups is 1. The topological polar surface area (TPSA) is 102 Å². The van der Waals surface area contributed by atoms with Crippen LogP contribution in [0.15, 0.2) is 18.3 Å². The molecule has 2 aromatic rings. The molecule has 7 nitrogen and oxygen atoms in total. The number of aromatic carboxylic acids is 1. The van der Waals surface area contributed by atoms with E-state index >= 15 is 0 Å². The number of fused-ring (bicyclic) bond motifs is 1. The number of carboxylic acid groups (broad SMARTS) is 1. The van der Waals surface area contributed by atoms with E-state index in [9.17, 15) is 13.2 Å². The van der Waals surface area contributed by atoms with Crippen LogP contribution in [0.25, 0.3) is 5.65 Å². The molecule has 0 radical (unpaired) electrons. The van der Waals surface area contributed by atoms with Gasteiger partial charge in [-0.15, -0.1) is 0 Å². The summed E-state index contributed by atoms with van der Waals surface area (Å²) in [5, 5.41) is 12.9. The number of carboxylic acids is 1. The SMILES string of the molecule is O=C(O)c1cccn2nc(CC3CCCCS3(=O)=O)nc12. The molecule has 1 fully saturated rings. The molecule has 0 bridgehead atoms. The summed E-state index contributed by atoms with van der Waals surface area (Å²) in [6, 6.07) is 3.03. The van der Waals surface area contributed by atoms with Gasteiger partial charge in [0.25, 0.3) is 0 Å². The average molecular weight is 309 g/mol. The van der Waals surface area contributed by atoms with Crippen molar-refractivity contribution in [3.8, 4) is 0 Å². The molecule has 21 heavy (non-hydrogen) atoms. The van der Waals surface area contributed by atoms with Crippen LogP contribution in [-0.4, -0.2) is 45.1 Å². The van der Waals surface area contributed by atoms with Crippen molar-refractivity contribution in [2.75, 3.05) is 5.75 Å². The zero-order chi connectivity index (χ0) is 15.0. The summed E-state index contributed by atoms with van der Waals surface area (Å²) in [6.07, 6.45) is 4.05. The molecule has 3 rings (SSSR count). The van der Waals surface area contributed by atoms with Crippen molar-refractivity contribution < 1.29 is 18.3 Å². The lowest BCUT2D eigenvalue weighted by molar-refractivity contribution is 0.0698. The summed E-state index contributed by atoms with van der Waals surface area (Å²) >= 11 is 0. The van der Waals surface area contributed by atoms with Gasteiger partial charge in [0.05, 0.1) is 11.0 Å². The lowest BCUT2D eigenvalue weighted by Gasteiger charge is -2.20. The third kappa shape index (κ3) is 2.63. The maximum atomic E-state index is 12.0. The highest BCUT2D eigenvalue weighted by atomic mass is 32.2. The van der Waals surface area contributed by atoms with Crippen molar-refractivity contribution in [1.82, 2.24) is 14.6 Å². The largest absolute Gasteiger partial charge is 0.478 e. The minimum atomic E-state index is -3.09. The summed E-state index contributed by atoms with van der Waals surface area (Å²) in [5.41, 5.74) is 0.302. The Labute approximate surface area is 121 Å². The molecule has 0 spiro atoms. The van der Waals surface area contributed by atoms with E-state index < -0.39 is 21.1 Å². The second kappa shape index (κ2) is 5.10. The molecule has 0 aliphatic carbocycles. The summed E-state index contributed by atoms with van der Waals surface area (Å²) in [7, 11) is -3.09. The van der Waals surface area contributed by atoms with Gasteiger partial charge >= 0.3 is 5.97 Å². The van der Waals surface area contributed by atoms with Crippen molar-refractivity contribution >= 4 is 21.5 Å². The average Bonchev–Trinajstić information content (AvgIpc) is 2.83. The summed E-state index contributed by atoms with van der Waals surface area (Å²) in [5.74, 6) is -0.491. The molecule has 8 heteroatoms. The molecule has 1 aliphatic heterocycles. The van der Waals surface area contributed by atoms with Crippen LogP contribution in [-0.2, 0) is 16.3 Å². The van der Waals surface area contributed by atoms with Crippen LogP contribution < -0.4 is 0 Å². The molecule has 1 saturated heterocycles. The lowest BCUT2D eigenvalue weighted by atomic mass is 10.1. The maximum Gasteiger partial charge on any atom is 0.339 e. The fourth-order valence-electron chi connectivity index (χ4n) is 2.66. The van der Waals surface area contributed by atoms with Gasteiger partial charge in [0, 0.05) is 12.6 Å². The number of rotatable bonds is 3. The molecule has 0 amide bonds. The van der Waals surface area contributed by atoms with Crippen LogP contribution in [0.2, 0.25) is 0 Å². The Hall–Kier alpha value is -1.96. The molecule has 0 saturated carbocycles. The quantitative estimate of drug-likeness (QED) is 0.905. The third-order valence-electron chi connectivity index (χ3n) is 3.76. The van der Waals surface area contributed by atoms with Gasteiger partial charge in [-0.2, -0.15) is 5.10 Å². The second-order valence-corrected chi connectivity index (χ2v) is 7.61. The van der Waals surface area contributed by atoms with Crippen LogP contribution in [0.4, 0.5) is 0 Å². The van der Waals surface area contributed by atoms with Crippen LogP contribution in [0.1, 0.15) is 35.4 Å². The van der Waals surface area contributed by atoms with Crippen molar-refractivity contribution in [3.63, 3.8) is 0 Å². The monoisotopic (exact) mass is 309 g/mol. The first-order chi connectivity index (χ1) is 9.97. The van der Waals surface area contributed by atoms with Crippen molar-refractivity contribution in [3.05, 3.63) is 29.7 Å². The van der Waals surface area contributed by atoms with E-state index in [1.165, 1.54) is 10.6 Å². The fraction of sp³-hybridized carbons (Fsp3) is 0.462. The predicted molar refractivity (Wildman–Crippen MR) is 75.1 cm³/mol. The molecule has 1 unspecified atom stereocenters. The third-order valence-corrected chi connectivity index (χ3v) is 6.04. The van der Waals surface area contributed by atoms with E-state index in [0.717, 1.165) is 6.42 Å². The normalized spacial score (nSPS) is 21.4. The number of nitrogens with zero attached hydrogens (tertiary/aromatic N) is 3. The minimum Gasteiger partial charge on any atom is -0.478 e. The van der Waals surface area contributed by atoms with E-state index in [2.05, 4.69) is 10.1 Å². The van der Waals surface area contributed by atoms with Crippen LogP contribution >= 0.6 is 0 Å². The molecule has 1 aliphatic rings. The van der Waals surface area contributed by atoms with Crippen LogP contribution in [0, 0.1) is 0 Å². The Bertz CT molecular complexity index is 797. The molecular formula is C13H15N3O4S. The summed E-state index contributed by atoms with van der Waals surface area (Å²) in [4.78, 5) is 15.3. The standard InChI is InChI=1S/C13H15N3O4S/c17-13(18)10-5-3-6-16-12(10)14-11(15-16)8-9-4-1-2-7-21(9,19)20/h3,5-6,9H,1-2,4,7-8H2,(H,17,18). The molecule has 112 valence electrons. The van der Waals surface area contributed by atoms with Gasteiger partial charge in [-0.05, 0) is 25.0 Å². The van der Waals surface area contributed by atoms with E-state index in [0.29, 0.717) is 18.7 Å². The summed E-state index contributed by atoms with van der Waals surface area (Å²) < 4.78 is 25.4. The highest BCUT2D eigenvalue weighted by Gasteiger charge is 2.30. The molecule has 3 heterocycles. The first-order valence-corrected chi connectivity index (χ1v) is 8.48. The van der Waals surface area contributed by atoms with Gasteiger partial charge in [0.1, 0.15) is 5.56 Å². The Morgan fingerprint density at radius 2 is 2.24 bits per heavy atom. The Morgan fingerprint density at radius 3 is 2.95 bits per heavy atom. The van der Waals surface area contributed by atoms with Gasteiger partial charge in [0.15, 0.2) is 21.3 Å². The van der Waals surface area contributed by atoms with Gasteiger partial charge in [0.2, 0.25) is 0 Å². The number of aromatic nitrogens is 3. The van der Waals surface area contributed by atoms with Crippen molar-refractivity contribution in [1.29, 1.82) is 0 Å². The van der Waals surface area contributed by atoms with Gasteiger partial charge in [-0.3, -0.25) is 0 Å². The van der Waals surface area contributed by atoms with E-state index in [-0.39, 0.29) is 23.4 Å². The van der Waals surface area contributed by atoms with E-state index in [1.807, 2.05) is 0 Å². The Balaban J connectivity index is 1.95. The van der Waals surface area contributed by atoms with E-state index in [4.69, 9.17) is 5.11 Å². The van der Waals surface area contributed by atoms with Crippen LogP contribution in [0.3, 0.4) is 0 Å². The number of hydrogen-bond acceptors (Lipinski definition) is 5.